The first-order valence-electron chi connectivity index (χ1n) is 10.7. The molecule has 1 aromatic heterocycles. The van der Waals surface area contributed by atoms with E-state index in [9.17, 15) is 9.59 Å². The van der Waals surface area contributed by atoms with Crippen molar-refractivity contribution < 1.29 is 19.1 Å². The van der Waals surface area contributed by atoms with Gasteiger partial charge in [-0.05, 0) is 50.1 Å². The number of hydrogen-bond acceptors (Lipinski definition) is 5. The SMILES string of the molecule is CCCOc1ccc(C(=O)OCC(=O)NCc2c(C)nn(Cc3ccccc3)c2C)cc1. The molecule has 0 fully saturated rings. The average Bonchev–Trinajstić information content (AvgIpc) is 3.07. The van der Waals surface area contributed by atoms with Crippen LogP contribution in [0.3, 0.4) is 0 Å². The summed E-state index contributed by atoms with van der Waals surface area (Å²) in [4.78, 5) is 24.4. The van der Waals surface area contributed by atoms with Crippen molar-refractivity contribution in [2.45, 2.75) is 40.3 Å². The number of benzene rings is 2. The second-order valence-corrected chi connectivity index (χ2v) is 7.52. The fourth-order valence-corrected chi connectivity index (χ4v) is 3.26. The summed E-state index contributed by atoms with van der Waals surface area (Å²) in [5.41, 5.74) is 4.35. The van der Waals surface area contributed by atoms with Crippen molar-refractivity contribution in [3.63, 3.8) is 0 Å². The molecule has 7 heteroatoms. The van der Waals surface area contributed by atoms with Crippen LogP contribution in [0, 0.1) is 13.8 Å². The summed E-state index contributed by atoms with van der Waals surface area (Å²) in [5, 5.41) is 7.40. The molecule has 0 aliphatic carbocycles. The Bertz CT molecular complexity index is 1040. The topological polar surface area (TPSA) is 82.4 Å². The number of rotatable bonds is 10. The van der Waals surface area contributed by atoms with E-state index in [1.54, 1.807) is 24.3 Å². The van der Waals surface area contributed by atoms with E-state index in [4.69, 9.17) is 9.47 Å². The van der Waals surface area contributed by atoms with Crippen LogP contribution >= 0.6 is 0 Å². The Balaban J connectivity index is 1.49. The van der Waals surface area contributed by atoms with Gasteiger partial charge in [0.1, 0.15) is 5.75 Å². The van der Waals surface area contributed by atoms with Crippen LogP contribution in [0.4, 0.5) is 0 Å². The summed E-state index contributed by atoms with van der Waals surface area (Å²) >= 11 is 0. The summed E-state index contributed by atoms with van der Waals surface area (Å²) < 4.78 is 12.6. The lowest BCUT2D eigenvalue weighted by atomic mass is 10.2. The summed E-state index contributed by atoms with van der Waals surface area (Å²) in [6, 6.07) is 16.8. The normalized spacial score (nSPS) is 10.6. The third-order valence-corrected chi connectivity index (χ3v) is 5.07. The molecule has 168 valence electrons. The number of hydrogen-bond donors (Lipinski definition) is 1. The van der Waals surface area contributed by atoms with Gasteiger partial charge in [-0.15, -0.1) is 0 Å². The van der Waals surface area contributed by atoms with E-state index in [-0.39, 0.29) is 12.5 Å². The van der Waals surface area contributed by atoms with E-state index < -0.39 is 5.97 Å². The maximum absolute atomic E-state index is 12.2. The highest BCUT2D eigenvalue weighted by molar-refractivity contribution is 5.91. The maximum atomic E-state index is 12.2. The zero-order chi connectivity index (χ0) is 22.9. The predicted molar refractivity (Wildman–Crippen MR) is 122 cm³/mol. The van der Waals surface area contributed by atoms with Crippen molar-refractivity contribution in [1.29, 1.82) is 0 Å². The highest BCUT2D eigenvalue weighted by atomic mass is 16.5. The Labute approximate surface area is 188 Å². The smallest absolute Gasteiger partial charge is 0.338 e. The van der Waals surface area contributed by atoms with E-state index >= 15 is 0 Å². The quantitative estimate of drug-likeness (QED) is 0.490. The first-order chi connectivity index (χ1) is 15.5. The molecule has 2 aromatic carbocycles. The number of carbonyl (C=O) groups excluding carboxylic acids is 2. The Morgan fingerprint density at radius 1 is 1.03 bits per heavy atom. The van der Waals surface area contributed by atoms with Crippen LogP contribution in [0.15, 0.2) is 54.6 Å². The van der Waals surface area contributed by atoms with Gasteiger partial charge < -0.3 is 14.8 Å². The molecule has 1 heterocycles. The molecule has 0 saturated carbocycles. The molecule has 0 radical (unpaired) electrons. The van der Waals surface area contributed by atoms with Crippen LogP contribution in [0.1, 0.15) is 46.2 Å². The van der Waals surface area contributed by atoms with Gasteiger partial charge in [0.2, 0.25) is 0 Å². The van der Waals surface area contributed by atoms with E-state index in [1.807, 2.05) is 43.7 Å². The summed E-state index contributed by atoms with van der Waals surface area (Å²) in [6.07, 6.45) is 0.909. The monoisotopic (exact) mass is 435 g/mol. The summed E-state index contributed by atoms with van der Waals surface area (Å²) in [7, 11) is 0. The molecular weight excluding hydrogens is 406 g/mol. The van der Waals surface area contributed by atoms with E-state index in [0.29, 0.717) is 31.0 Å². The van der Waals surface area contributed by atoms with Gasteiger partial charge in [-0.3, -0.25) is 9.48 Å². The van der Waals surface area contributed by atoms with Crippen LogP contribution in [-0.2, 0) is 22.6 Å². The average molecular weight is 436 g/mol. The number of carbonyl (C=O) groups is 2. The third-order valence-electron chi connectivity index (χ3n) is 5.07. The van der Waals surface area contributed by atoms with Crippen LogP contribution in [-0.4, -0.2) is 34.9 Å². The first kappa shape index (κ1) is 23.1. The minimum absolute atomic E-state index is 0.326. The van der Waals surface area contributed by atoms with Gasteiger partial charge in [-0.1, -0.05) is 37.3 Å². The van der Waals surface area contributed by atoms with Gasteiger partial charge >= 0.3 is 5.97 Å². The molecule has 32 heavy (non-hydrogen) atoms. The number of ether oxygens (including phenoxy) is 2. The Morgan fingerprint density at radius 2 is 1.75 bits per heavy atom. The van der Waals surface area contributed by atoms with E-state index in [2.05, 4.69) is 22.5 Å². The Hall–Kier alpha value is -3.61. The zero-order valence-electron chi connectivity index (χ0n) is 18.8. The van der Waals surface area contributed by atoms with Crippen molar-refractivity contribution in [3.8, 4) is 5.75 Å². The van der Waals surface area contributed by atoms with E-state index in [0.717, 1.165) is 28.9 Å². The molecule has 3 aromatic rings. The molecule has 0 atom stereocenters. The lowest BCUT2D eigenvalue weighted by molar-refractivity contribution is -0.124. The molecular formula is C25H29N3O4. The molecule has 0 unspecified atom stereocenters. The van der Waals surface area contributed by atoms with Crippen LogP contribution in [0.5, 0.6) is 5.75 Å². The minimum Gasteiger partial charge on any atom is -0.494 e. The Morgan fingerprint density at radius 3 is 2.44 bits per heavy atom. The molecule has 0 saturated heterocycles. The largest absolute Gasteiger partial charge is 0.494 e. The van der Waals surface area contributed by atoms with Gasteiger partial charge in [0.05, 0.1) is 24.4 Å². The van der Waals surface area contributed by atoms with Gasteiger partial charge in [0.25, 0.3) is 5.91 Å². The Kier molecular flexibility index (Phi) is 8.02. The molecule has 0 aliphatic heterocycles. The molecule has 0 spiro atoms. The second kappa shape index (κ2) is 11.1. The van der Waals surface area contributed by atoms with Crippen molar-refractivity contribution in [2.75, 3.05) is 13.2 Å². The number of amides is 1. The lowest BCUT2D eigenvalue weighted by Gasteiger charge is -2.09. The molecule has 1 N–H and O–H groups in total. The van der Waals surface area contributed by atoms with Crippen molar-refractivity contribution in [2.24, 2.45) is 0 Å². The van der Waals surface area contributed by atoms with Crippen molar-refractivity contribution in [1.82, 2.24) is 15.1 Å². The van der Waals surface area contributed by atoms with Crippen LogP contribution in [0.25, 0.3) is 0 Å². The van der Waals surface area contributed by atoms with Gasteiger partial charge in [0, 0.05) is 17.8 Å². The molecule has 0 bridgehead atoms. The first-order valence-corrected chi connectivity index (χ1v) is 10.7. The fraction of sp³-hybridized carbons (Fsp3) is 0.320. The molecule has 0 aliphatic rings. The summed E-state index contributed by atoms with van der Waals surface area (Å²) in [6.45, 7) is 7.20. The van der Waals surface area contributed by atoms with Gasteiger partial charge in [0.15, 0.2) is 6.61 Å². The fourth-order valence-electron chi connectivity index (χ4n) is 3.26. The number of nitrogens with zero attached hydrogens (tertiary/aromatic N) is 2. The van der Waals surface area contributed by atoms with Gasteiger partial charge in [-0.2, -0.15) is 5.10 Å². The molecule has 3 rings (SSSR count). The number of nitrogens with one attached hydrogen (secondary N) is 1. The van der Waals surface area contributed by atoms with Crippen molar-refractivity contribution in [3.05, 3.63) is 82.7 Å². The third kappa shape index (κ3) is 6.20. The van der Waals surface area contributed by atoms with Crippen LogP contribution in [0.2, 0.25) is 0 Å². The zero-order valence-corrected chi connectivity index (χ0v) is 18.8. The summed E-state index contributed by atoms with van der Waals surface area (Å²) in [5.74, 6) is -0.221. The standard InChI is InChI=1S/C25H29N3O4/c1-4-14-31-22-12-10-21(11-13-22)25(30)32-17-24(29)26-15-23-18(2)27-28(19(23)3)16-20-8-6-5-7-9-20/h5-13H,4,14-17H2,1-3H3,(H,26,29). The predicted octanol–water partition coefficient (Wildman–Crippen LogP) is 3.81. The van der Waals surface area contributed by atoms with Gasteiger partial charge in [-0.25, -0.2) is 4.79 Å². The van der Waals surface area contributed by atoms with E-state index in [1.165, 1.54) is 0 Å². The molecule has 7 nitrogen and oxygen atoms in total. The second-order valence-electron chi connectivity index (χ2n) is 7.52. The number of aromatic nitrogens is 2. The highest BCUT2D eigenvalue weighted by Crippen LogP contribution is 2.15. The maximum Gasteiger partial charge on any atom is 0.338 e. The lowest BCUT2D eigenvalue weighted by Crippen LogP contribution is -2.28. The van der Waals surface area contributed by atoms with Crippen LogP contribution < -0.4 is 10.1 Å². The minimum atomic E-state index is -0.551. The molecule has 1 amide bonds. The number of esters is 1. The number of aryl methyl sites for hydroxylation is 1. The highest BCUT2D eigenvalue weighted by Gasteiger charge is 2.14. The van der Waals surface area contributed by atoms with Crippen molar-refractivity contribution >= 4 is 11.9 Å².